The summed E-state index contributed by atoms with van der Waals surface area (Å²) in [6.07, 6.45) is 5.26. The van der Waals surface area contributed by atoms with Crippen molar-refractivity contribution in [1.29, 1.82) is 0 Å². The van der Waals surface area contributed by atoms with Crippen molar-refractivity contribution in [3.8, 4) is 0 Å². The lowest BCUT2D eigenvalue weighted by Crippen LogP contribution is -2.26. The first-order valence-electron chi connectivity index (χ1n) is 6.47. The molecule has 0 fully saturated rings. The highest BCUT2D eigenvalue weighted by atomic mass is 35.5. The zero-order chi connectivity index (χ0) is 15.4. The SMILES string of the molecule is Cn1cc(CCCNC(=O)c2cc(Cl)cc(F)c2N)cn1. The minimum Gasteiger partial charge on any atom is -0.396 e. The summed E-state index contributed by atoms with van der Waals surface area (Å²) in [5.74, 6) is -1.12. The monoisotopic (exact) mass is 310 g/mol. The minimum absolute atomic E-state index is 0.0568. The van der Waals surface area contributed by atoms with Gasteiger partial charge in [-0.2, -0.15) is 5.10 Å². The molecule has 0 aliphatic rings. The number of amides is 1. The highest BCUT2D eigenvalue weighted by Gasteiger charge is 2.14. The lowest BCUT2D eigenvalue weighted by atomic mass is 10.1. The van der Waals surface area contributed by atoms with Crippen molar-refractivity contribution in [2.24, 2.45) is 7.05 Å². The average Bonchev–Trinajstić information content (AvgIpc) is 2.84. The number of rotatable bonds is 5. The topological polar surface area (TPSA) is 72.9 Å². The summed E-state index contributed by atoms with van der Waals surface area (Å²) >= 11 is 5.73. The maximum Gasteiger partial charge on any atom is 0.253 e. The van der Waals surface area contributed by atoms with Crippen molar-refractivity contribution in [3.05, 3.63) is 46.5 Å². The largest absolute Gasteiger partial charge is 0.396 e. The molecule has 0 saturated carbocycles. The first kappa shape index (κ1) is 15.3. The van der Waals surface area contributed by atoms with Crippen LogP contribution in [0.4, 0.5) is 10.1 Å². The van der Waals surface area contributed by atoms with E-state index in [0.717, 1.165) is 24.5 Å². The molecule has 1 aromatic heterocycles. The van der Waals surface area contributed by atoms with Gasteiger partial charge in [0.15, 0.2) is 0 Å². The number of hydrogen-bond donors (Lipinski definition) is 2. The van der Waals surface area contributed by atoms with Crippen LogP contribution in [0, 0.1) is 5.82 Å². The van der Waals surface area contributed by atoms with Crippen LogP contribution in [0.15, 0.2) is 24.5 Å². The van der Waals surface area contributed by atoms with E-state index in [9.17, 15) is 9.18 Å². The lowest BCUT2D eigenvalue weighted by Gasteiger charge is -2.08. The molecule has 0 aliphatic carbocycles. The van der Waals surface area contributed by atoms with Crippen LogP contribution in [0.3, 0.4) is 0 Å². The molecule has 1 heterocycles. The summed E-state index contributed by atoms with van der Waals surface area (Å²) in [4.78, 5) is 12.0. The molecule has 7 heteroatoms. The van der Waals surface area contributed by atoms with Crippen molar-refractivity contribution >= 4 is 23.2 Å². The van der Waals surface area contributed by atoms with Crippen molar-refractivity contribution < 1.29 is 9.18 Å². The van der Waals surface area contributed by atoms with E-state index in [1.807, 2.05) is 13.2 Å². The molecular weight excluding hydrogens is 295 g/mol. The number of benzene rings is 1. The van der Waals surface area contributed by atoms with Crippen molar-refractivity contribution in [2.75, 3.05) is 12.3 Å². The Bertz CT molecular complexity index is 656. The molecule has 0 spiro atoms. The number of carbonyl (C=O) groups excluding carboxylic acids is 1. The second-order valence-corrected chi connectivity index (χ2v) is 5.17. The first-order chi connectivity index (χ1) is 9.97. The van der Waals surface area contributed by atoms with E-state index in [2.05, 4.69) is 10.4 Å². The van der Waals surface area contributed by atoms with Crippen molar-refractivity contribution in [1.82, 2.24) is 15.1 Å². The van der Waals surface area contributed by atoms with Crippen LogP contribution in [0.1, 0.15) is 22.3 Å². The summed E-state index contributed by atoms with van der Waals surface area (Å²) in [6, 6.07) is 2.44. The number of hydrogen-bond acceptors (Lipinski definition) is 3. The fourth-order valence-electron chi connectivity index (χ4n) is 1.96. The predicted octanol–water partition coefficient (Wildman–Crippen LogP) is 2.16. The van der Waals surface area contributed by atoms with E-state index >= 15 is 0 Å². The molecule has 1 aromatic carbocycles. The molecule has 112 valence electrons. The minimum atomic E-state index is -0.692. The Balaban J connectivity index is 1.87. The summed E-state index contributed by atoms with van der Waals surface area (Å²) in [7, 11) is 1.85. The molecule has 3 N–H and O–H groups in total. The highest BCUT2D eigenvalue weighted by molar-refractivity contribution is 6.31. The first-order valence-corrected chi connectivity index (χ1v) is 6.85. The van der Waals surface area contributed by atoms with E-state index in [0.29, 0.717) is 6.54 Å². The molecule has 5 nitrogen and oxygen atoms in total. The molecule has 2 aromatic rings. The van der Waals surface area contributed by atoms with Gasteiger partial charge in [-0.15, -0.1) is 0 Å². The Morgan fingerprint density at radius 1 is 1.52 bits per heavy atom. The number of anilines is 1. The number of nitrogens with two attached hydrogens (primary N) is 1. The number of aryl methyl sites for hydroxylation is 2. The lowest BCUT2D eigenvalue weighted by molar-refractivity contribution is 0.0953. The molecule has 0 unspecified atom stereocenters. The number of halogens is 2. The molecule has 0 bridgehead atoms. The molecule has 0 atom stereocenters. The van der Waals surface area contributed by atoms with E-state index in [1.54, 1.807) is 10.9 Å². The van der Waals surface area contributed by atoms with Crippen LogP contribution in [0.25, 0.3) is 0 Å². The second-order valence-electron chi connectivity index (χ2n) is 4.73. The van der Waals surface area contributed by atoms with Crippen LogP contribution < -0.4 is 11.1 Å². The van der Waals surface area contributed by atoms with E-state index < -0.39 is 11.7 Å². The zero-order valence-electron chi connectivity index (χ0n) is 11.6. The summed E-state index contributed by atoms with van der Waals surface area (Å²) < 4.78 is 15.1. The Kier molecular flexibility index (Phi) is 4.80. The Morgan fingerprint density at radius 2 is 2.29 bits per heavy atom. The molecular formula is C14H16ClFN4O. The summed E-state index contributed by atoms with van der Waals surface area (Å²) in [5, 5.41) is 6.91. The maximum absolute atomic E-state index is 13.4. The Morgan fingerprint density at radius 3 is 2.95 bits per heavy atom. The van der Waals surface area contributed by atoms with Crippen LogP contribution in [-0.4, -0.2) is 22.2 Å². The molecule has 0 aliphatic heterocycles. The van der Waals surface area contributed by atoms with Gasteiger partial charge in [-0.05, 0) is 30.5 Å². The van der Waals surface area contributed by atoms with Gasteiger partial charge in [0.2, 0.25) is 0 Å². The number of nitrogen functional groups attached to an aromatic ring is 1. The Hall–Kier alpha value is -2.08. The predicted molar refractivity (Wildman–Crippen MR) is 79.7 cm³/mol. The van der Waals surface area contributed by atoms with E-state index in [4.69, 9.17) is 17.3 Å². The van der Waals surface area contributed by atoms with Gasteiger partial charge >= 0.3 is 0 Å². The summed E-state index contributed by atoms with van der Waals surface area (Å²) in [6.45, 7) is 0.460. The standard InChI is InChI=1S/C14H16ClFN4O/c1-20-8-9(7-19-20)3-2-4-18-14(21)11-5-10(15)6-12(16)13(11)17/h5-8H,2-4,17H2,1H3,(H,18,21). The van der Waals surface area contributed by atoms with Crippen LogP contribution in [-0.2, 0) is 13.5 Å². The quantitative estimate of drug-likeness (QED) is 0.656. The molecule has 1 amide bonds. The van der Waals surface area contributed by atoms with Gasteiger partial charge in [0.25, 0.3) is 5.91 Å². The smallest absolute Gasteiger partial charge is 0.253 e. The van der Waals surface area contributed by atoms with Crippen molar-refractivity contribution in [2.45, 2.75) is 12.8 Å². The molecule has 21 heavy (non-hydrogen) atoms. The van der Waals surface area contributed by atoms with Crippen LogP contribution in [0.5, 0.6) is 0 Å². The van der Waals surface area contributed by atoms with E-state index in [1.165, 1.54) is 6.07 Å². The Labute approximate surface area is 126 Å². The third-order valence-electron chi connectivity index (χ3n) is 3.03. The molecule has 2 rings (SSSR count). The normalized spacial score (nSPS) is 10.6. The van der Waals surface area contributed by atoms with Gasteiger partial charge < -0.3 is 11.1 Å². The maximum atomic E-state index is 13.4. The van der Waals surface area contributed by atoms with E-state index in [-0.39, 0.29) is 16.3 Å². The van der Waals surface area contributed by atoms with Crippen LogP contribution in [0.2, 0.25) is 5.02 Å². The molecule has 0 saturated heterocycles. The second kappa shape index (κ2) is 6.58. The number of carbonyl (C=O) groups is 1. The van der Waals surface area contributed by atoms with Gasteiger partial charge in [0.05, 0.1) is 17.4 Å². The zero-order valence-corrected chi connectivity index (χ0v) is 12.3. The van der Waals surface area contributed by atoms with Gasteiger partial charge in [0, 0.05) is 24.8 Å². The van der Waals surface area contributed by atoms with Crippen LogP contribution >= 0.6 is 11.6 Å². The van der Waals surface area contributed by atoms with Gasteiger partial charge in [-0.25, -0.2) is 4.39 Å². The fourth-order valence-corrected chi connectivity index (χ4v) is 2.17. The van der Waals surface area contributed by atoms with Gasteiger partial charge in [0.1, 0.15) is 5.82 Å². The third kappa shape index (κ3) is 3.95. The van der Waals surface area contributed by atoms with Crippen molar-refractivity contribution in [3.63, 3.8) is 0 Å². The van der Waals surface area contributed by atoms with Gasteiger partial charge in [-0.3, -0.25) is 9.48 Å². The number of nitrogens with zero attached hydrogens (tertiary/aromatic N) is 2. The van der Waals surface area contributed by atoms with Gasteiger partial charge in [-0.1, -0.05) is 11.6 Å². The molecule has 0 radical (unpaired) electrons. The number of aromatic nitrogens is 2. The fraction of sp³-hybridized carbons (Fsp3) is 0.286. The summed E-state index contributed by atoms with van der Waals surface area (Å²) in [5.41, 5.74) is 6.51. The highest BCUT2D eigenvalue weighted by Crippen LogP contribution is 2.21. The third-order valence-corrected chi connectivity index (χ3v) is 3.24. The average molecular weight is 311 g/mol. The number of nitrogens with one attached hydrogen (secondary N) is 1.